The first-order valence-corrected chi connectivity index (χ1v) is 4.61. The minimum Gasteiger partial charge on any atom is -0.298 e. The summed E-state index contributed by atoms with van der Waals surface area (Å²) in [4.78, 5) is 11.9. The van der Waals surface area contributed by atoms with Crippen molar-refractivity contribution in [3.63, 3.8) is 0 Å². The molecule has 0 spiro atoms. The summed E-state index contributed by atoms with van der Waals surface area (Å²) < 4.78 is 0. The quantitative estimate of drug-likeness (QED) is 0.502. The maximum absolute atomic E-state index is 11.9. The van der Waals surface area contributed by atoms with Crippen LogP contribution in [0.5, 0.6) is 0 Å². The second kappa shape index (κ2) is 1.84. The summed E-state index contributed by atoms with van der Waals surface area (Å²) in [5, 5.41) is 0. The molecule has 0 N–H and O–H groups in total. The van der Waals surface area contributed by atoms with E-state index in [0.29, 0.717) is 17.6 Å². The van der Waals surface area contributed by atoms with Gasteiger partial charge in [0.05, 0.1) is 0 Å². The Morgan fingerprint density at radius 2 is 1.83 bits per heavy atom. The van der Waals surface area contributed by atoms with Crippen LogP contribution in [0.1, 0.15) is 27.7 Å². The van der Waals surface area contributed by atoms with Crippen LogP contribution in [-0.4, -0.2) is 5.78 Å². The molecule has 0 heterocycles. The zero-order chi connectivity index (χ0) is 9.15. The van der Waals surface area contributed by atoms with Crippen molar-refractivity contribution in [2.24, 2.45) is 22.7 Å². The van der Waals surface area contributed by atoms with Gasteiger partial charge in [-0.2, -0.15) is 0 Å². The maximum Gasteiger partial charge on any atom is 0.146 e. The highest BCUT2D eigenvalue weighted by atomic mass is 16.1. The van der Waals surface area contributed by atoms with Crippen LogP contribution in [0.4, 0.5) is 0 Å². The number of fused-ring (bicyclic) bond motifs is 1. The molecular weight excluding hydrogens is 148 g/mol. The Balaban J connectivity index is 2.36. The van der Waals surface area contributed by atoms with Gasteiger partial charge in [-0.1, -0.05) is 26.0 Å². The highest BCUT2D eigenvalue weighted by Gasteiger charge is 2.63. The number of allylic oxidation sites excluding steroid dienone is 2. The molecule has 66 valence electrons. The van der Waals surface area contributed by atoms with Crippen LogP contribution in [0, 0.1) is 22.7 Å². The van der Waals surface area contributed by atoms with Crippen LogP contribution in [0.3, 0.4) is 0 Å². The third kappa shape index (κ3) is 0.769. The van der Waals surface area contributed by atoms with E-state index in [1.54, 1.807) is 0 Å². The maximum atomic E-state index is 11.9. The first kappa shape index (κ1) is 8.03. The fourth-order valence-corrected chi connectivity index (χ4v) is 2.36. The summed E-state index contributed by atoms with van der Waals surface area (Å²) in [5.41, 5.74) is 0.0241. The summed E-state index contributed by atoms with van der Waals surface area (Å²) in [6, 6.07) is 0. The van der Waals surface area contributed by atoms with Crippen molar-refractivity contribution in [2.75, 3.05) is 0 Å². The third-order valence-electron chi connectivity index (χ3n) is 3.55. The van der Waals surface area contributed by atoms with Gasteiger partial charge in [-0.25, -0.2) is 0 Å². The van der Waals surface area contributed by atoms with Gasteiger partial charge in [0.25, 0.3) is 0 Å². The minimum atomic E-state index is -0.213. The van der Waals surface area contributed by atoms with E-state index in [-0.39, 0.29) is 10.8 Å². The molecule has 0 aromatic carbocycles. The SMILES string of the molecule is CC1(C)C=CC2C(C1=O)C2(C)C. The van der Waals surface area contributed by atoms with Gasteiger partial charge in [0.15, 0.2) is 0 Å². The Morgan fingerprint density at radius 1 is 1.25 bits per heavy atom. The fourth-order valence-electron chi connectivity index (χ4n) is 2.36. The third-order valence-corrected chi connectivity index (χ3v) is 3.55. The molecule has 2 aliphatic carbocycles. The van der Waals surface area contributed by atoms with Crippen LogP contribution in [0.2, 0.25) is 0 Å². The molecule has 0 aromatic heterocycles. The van der Waals surface area contributed by atoms with Gasteiger partial charge in [0.2, 0.25) is 0 Å². The molecule has 2 rings (SSSR count). The van der Waals surface area contributed by atoms with Crippen LogP contribution >= 0.6 is 0 Å². The lowest BCUT2D eigenvalue weighted by atomic mass is 9.81. The van der Waals surface area contributed by atoms with Crippen molar-refractivity contribution in [1.82, 2.24) is 0 Å². The molecule has 1 saturated carbocycles. The molecule has 0 bridgehead atoms. The largest absolute Gasteiger partial charge is 0.298 e. The molecule has 1 fully saturated rings. The molecule has 0 amide bonds. The lowest BCUT2D eigenvalue weighted by Crippen LogP contribution is -2.27. The van der Waals surface area contributed by atoms with E-state index in [9.17, 15) is 4.79 Å². The summed E-state index contributed by atoms with van der Waals surface area (Å²) >= 11 is 0. The number of carbonyl (C=O) groups is 1. The van der Waals surface area contributed by atoms with Gasteiger partial charge in [0.1, 0.15) is 5.78 Å². The van der Waals surface area contributed by atoms with Crippen LogP contribution in [-0.2, 0) is 4.79 Å². The van der Waals surface area contributed by atoms with Gasteiger partial charge >= 0.3 is 0 Å². The summed E-state index contributed by atoms with van der Waals surface area (Å²) in [6.07, 6.45) is 4.30. The topological polar surface area (TPSA) is 17.1 Å². The fraction of sp³-hybridized carbons (Fsp3) is 0.727. The van der Waals surface area contributed by atoms with E-state index in [4.69, 9.17) is 0 Å². The molecule has 12 heavy (non-hydrogen) atoms. The van der Waals surface area contributed by atoms with E-state index in [2.05, 4.69) is 26.0 Å². The average molecular weight is 164 g/mol. The predicted molar refractivity (Wildman–Crippen MR) is 48.7 cm³/mol. The van der Waals surface area contributed by atoms with Gasteiger partial charge < -0.3 is 0 Å². The molecule has 0 aromatic rings. The summed E-state index contributed by atoms with van der Waals surface area (Å²) in [7, 11) is 0. The van der Waals surface area contributed by atoms with Crippen molar-refractivity contribution >= 4 is 5.78 Å². The molecular formula is C11H16O. The van der Waals surface area contributed by atoms with Crippen molar-refractivity contribution in [2.45, 2.75) is 27.7 Å². The Morgan fingerprint density at radius 3 is 2.33 bits per heavy atom. The number of Topliss-reactive ketones (excluding diaryl/α,β-unsaturated/α-hetero) is 1. The standard InChI is InChI=1S/C11H16O/c1-10(2)6-5-7-8(9(10)12)11(7,3)4/h5-8H,1-4H3. The van der Waals surface area contributed by atoms with Crippen molar-refractivity contribution in [3.05, 3.63) is 12.2 Å². The smallest absolute Gasteiger partial charge is 0.146 e. The molecule has 2 aliphatic rings. The van der Waals surface area contributed by atoms with E-state index in [1.807, 2.05) is 13.8 Å². The monoisotopic (exact) mass is 164 g/mol. The minimum absolute atomic E-state index is 0.213. The number of carbonyl (C=O) groups excluding carboxylic acids is 1. The van der Waals surface area contributed by atoms with E-state index in [0.717, 1.165) is 0 Å². The van der Waals surface area contributed by atoms with E-state index < -0.39 is 0 Å². The number of hydrogen-bond acceptors (Lipinski definition) is 1. The molecule has 0 radical (unpaired) electrons. The van der Waals surface area contributed by atoms with E-state index >= 15 is 0 Å². The highest BCUT2D eigenvalue weighted by molar-refractivity contribution is 5.93. The van der Waals surface area contributed by atoms with Crippen LogP contribution in [0.15, 0.2) is 12.2 Å². The lowest BCUT2D eigenvalue weighted by molar-refractivity contribution is -0.127. The van der Waals surface area contributed by atoms with Crippen molar-refractivity contribution < 1.29 is 4.79 Å². The number of ketones is 1. The lowest BCUT2D eigenvalue weighted by Gasteiger charge is -2.21. The van der Waals surface area contributed by atoms with Crippen molar-refractivity contribution in [3.8, 4) is 0 Å². The second-order valence-electron chi connectivity index (χ2n) is 5.27. The van der Waals surface area contributed by atoms with Crippen LogP contribution in [0.25, 0.3) is 0 Å². The predicted octanol–water partition coefficient (Wildman–Crippen LogP) is 2.42. The second-order valence-corrected chi connectivity index (χ2v) is 5.27. The highest BCUT2D eigenvalue weighted by Crippen LogP contribution is 2.63. The molecule has 1 nitrogen and oxygen atoms in total. The Bertz CT molecular complexity index is 271. The zero-order valence-corrected chi connectivity index (χ0v) is 8.22. The number of hydrogen-bond donors (Lipinski definition) is 0. The first-order valence-electron chi connectivity index (χ1n) is 4.61. The normalized spacial score (nSPS) is 40.8. The summed E-state index contributed by atoms with van der Waals surface area (Å²) in [5.74, 6) is 1.26. The van der Waals surface area contributed by atoms with E-state index in [1.165, 1.54) is 0 Å². The van der Waals surface area contributed by atoms with Gasteiger partial charge in [-0.3, -0.25) is 4.79 Å². The molecule has 2 atom stereocenters. The molecule has 0 saturated heterocycles. The Hall–Kier alpha value is -0.590. The van der Waals surface area contributed by atoms with Gasteiger partial charge in [-0.15, -0.1) is 0 Å². The first-order chi connectivity index (χ1) is 5.37. The zero-order valence-electron chi connectivity index (χ0n) is 8.22. The van der Waals surface area contributed by atoms with Crippen molar-refractivity contribution in [1.29, 1.82) is 0 Å². The van der Waals surface area contributed by atoms with Gasteiger partial charge in [0, 0.05) is 11.3 Å². The number of rotatable bonds is 0. The molecule has 2 unspecified atom stereocenters. The van der Waals surface area contributed by atoms with Crippen LogP contribution < -0.4 is 0 Å². The molecule has 1 heteroatoms. The Labute approximate surface area is 73.8 Å². The average Bonchev–Trinajstić information content (AvgIpc) is 2.46. The summed E-state index contributed by atoms with van der Waals surface area (Å²) in [6.45, 7) is 8.39. The molecule has 0 aliphatic heterocycles. The van der Waals surface area contributed by atoms with Gasteiger partial charge in [-0.05, 0) is 25.2 Å². The Kier molecular flexibility index (Phi) is 1.23.